The molecule has 0 unspecified atom stereocenters. The van der Waals surface area contributed by atoms with Gasteiger partial charge in [-0.1, -0.05) is 57.2 Å². The van der Waals surface area contributed by atoms with E-state index in [1.54, 1.807) is 14.2 Å². The Hall–Kier alpha value is -3.93. The van der Waals surface area contributed by atoms with Gasteiger partial charge in [0.1, 0.15) is 17.3 Å². The Balaban J connectivity index is 1.81. The van der Waals surface area contributed by atoms with Crippen LogP contribution in [0.2, 0.25) is 0 Å². The van der Waals surface area contributed by atoms with Crippen LogP contribution in [0.25, 0.3) is 39.4 Å². The zero-order valence-electron chi connectivity index (χ0n) is 19.5. The second kappa shape index (κ2) is 7.89. The van der Waals surface area contributed by atoms with E-state index in [4.69, 9.17) is 24.4 Å². The smallest absolute Gasteiger partial charge is 0.199 e. The third-order valence-corrected chi connectivity index (χ3v) is 5.77. The normalized spacial score (nSPS) is 11.8. The molecule has 0 bridgehead atoms. The van der Waals surface area contributed by atoms with Gasteiger partial charge < -0.3 is 9.47 Å². The lowest BCUT2D eigenvalue weighted by Crippen LogP contribution is -2.10. The van der Waals surface area contributed by atoms with E-state index in [-0.39, 0.29) is 5.41 Å². The summed E-state index contributed by atoms with van der Waals surface area (Å²) in [5.74, 6) is 2.14. The van der Waals surface area contributed by atoms with Gasteiger partial charge in [-0.2, -0.15) is 0 Å². The van der Waals surface area contributed by atoms with Crippen molar-refractivity contribution in [2.45, 2.75) is 26.2 Å². The molecule has 0 saturated heterocycles. The molecule has 0 fully saturated rings. The molecule has 0 aliphatic rings. The number of aromatic nitrogens is 4. The fourth-order valence-corrected chi connectivity index (χ4v) is 3.94. The number of nitrogens with zero attached hydrogens (tertiary/aromatic N) is 4. The van der Waals surface area contributed by atoms with Crippen LogP contribution in [0, 0.1) is 0 Å². The Morgan fingerprint density at radius 1 is 0.727 bits per heavy atom. The van der Waals surface area contributed by atoms with E-state index in [2.05, 4.69) is 45.0 Å². The highest BCUT2D eigenvalue weighted by Gasteiger charge is 2.20. The van der Waals surface area contributed by atoms with Gasteiger partial charge in [-0.15, -0.1) is 0 Å². The monoisotopic (exact) mass is 438 g/mol. The number of hydrogen-bond acceptors (Lipinski definition) is 5. The fourth-order valence-electron chi connectivity index (χ4n) is 3.94. The van der Waals surface area contributed by atoms with E-state index in [1.165, 1.54) is 5.56 Å². The Morgan fingerprint density at radius 2 is 1.33 bits per heavy atom. The van der Waals surface area contributed by atoms with Gasteiger partial charge in [0.25, 0.3) is 0 Å². The fraction of sp³-hybridized carbons (Fsp3) is 0.222. The third-order valence-electron chi connectivity index (χ3n) is 5.77. The standard InChI is InChI=1S/C27H26N4O2/c1-27(2,3)18-12-10-17(11-13-18)25-30-24-26(29-23-9-7-6-8-22(23)28-24)31(25)19-14-20(32-4)16-21(15-19)33-5/h6-16H,1-5H3. The lowest BCUT2D eigenvalue weighted by Gasteiger charge is -2.19. The average molecular weight is 439 g/mol. The van der Waals surface area contributed by atoms with Crippen LogP contribution in [0.15, 0.2) is 66.7 Å². The maximum atomic E-state index is 5.53. The van der Waals surface area contributed by atoms with Gasteiger partial charge in [0.05, 0.1) is 30.9 Å². The molecule has 0 amide bonds. The number of para-hydroxylation sites is 2. The first-order valence-corrected chi connectivity index (χ1v) is 10.9. The van der Waals surface area contributed by atoms with Crippen molar-refractivity contribution in [3.63, 3.8) is 0 Å². The summed E-state index contributed by atoms with van der Waals surface area (Å²) in [6.45, 7) is 6.62. The summed E-state index contributed by atoms with van der Waals surface area (Å²) in [6.07, 6.45) is 0. The summed E-state index contributed by atoms with van der Waals surface area (Å²) in [5.41, 5.74) is 6.05. The van der Waals surface area contributed by atoms with Crippen molar-refractivity contribution in [2.24, 2.45) is 0 Å². The molecule has 5 aromatic rings. The zero-order valence-corrected chi connectivity index (χ0v) is 19.5. The largest absolute Gasteiger partial charge is 0.497 e. The quantitative estimate of drug-likeness (QED) is 0.347. The second-order valence-electron chi connectivity index (χ2n) is 9.03. The number of fused-ring (bicyclic) bond motifs is 2. The molecule has 5 rings (SSSR count). The molecule has 6 nitrogen and oxygen atoms in total. The first-order valence-electron chi connectivity index (χ1n) is 10.9. The summed E-state index contributed by atoms with van der Waals surface area (Å²) in [5, 5.41) is 0. The summed E-state index contributed by atoms with van der Waals surface area (Å²) >= 11 is 0. The molecule has 33 heavy (non-hydrogen) atoms. The van der Waals surface area contributed by atoms with E-state index in [9.17, 15) is 0 Å². The third kappa shape index (κ3) is 3.78. The molecule has 0 aliphatic carbocycles. The van der Waals surface area contributed by atoms with Crippen LogP contribution in [-0.2, 0) is 5.41 Å². The van der Waals surface area contributed by atoms with Crippen molar-refractivity contribution < 1.29 is 9.47 Å². The van der Waals surface area contributed by atoms with Crippen LogP contribution < -0.4 is 9.47 Å². The number of rotatable bonds is 4. The zero-order chi connectivity index (χ0) is 23.2. The van der Waals surface area contributed by atoms with Gasteiger partial charge in [0.15, 0.2) is 11.3 Å². The predicted molar refractivity (Wildman–Crippen MR) is 131 cm³/mol. The minimum atomic E-state index is 0.0691. The molecule has 0 aliphatic heterocycles. The molecule has 0 spiro atoms. The number of ether oxygens (including phenoxy) is 2. The van der Waals surface area contributed by atoms with Crippen molar-refractivity contribution in [2.75, 3.05) is 14.2 Å². The van der Waals surface area contributed by atoms with Crippen LogP contribution in [0.3, 0.4) is 0 Å². The highest BCUT2D eigenvalue weighted by molar-refractivity contribution is 5.86. The van der Waals surface area contributed by atoms with E-state index in [0.717, 1.165) is 28.1 Å². The Bertz CT molecular complexity index is 1440. The number of methoxy groups -OCH3 is 2. The molecule has 0 atom stereocenters. The Morgan fingerprint density at radius 3 is 1.91 bits per heavy atom. The second-order valence-corrected chi connectivity index (χ2v) is 9.03. The molecule has 166 valence electrons. The average Bonchev–Trinajstić information content (AvgIpc) is 3.20. The van der Waals surface area contributed by atoms with E-state index in [1.807, 2.05) is 47.0 Å². The van der Waals surface area contributed by atoms with Crippen molar-refractivity contribution in [3.05, 3.63) is 72.3 Å². The van der Waals surface area contributed by atoms with Gasteiger partial charge in [0.2, 0.25) is 0 Å². The van der Waals surface area contributed by atoms with Crippen molar-refractivity contribution in [1.29, 1.82) is 0 Å². The summed E-state index contributed by atoms with van der Waals surface area (Å²) in [4.78, 5) is 14.6. The molecular weight excluding hydrogens is 412 g/mol. The highest BCUT2D eigenvalue weighted by atomic mass is 16.5. The Kier molecular flexibility index (Phi) is 5.01. The number of imidazole rings is 1. The molecular formula is C27H26N4O2. The SMILES string of the molecule is COc1cc(OC)cc(-n2c(-c3ccc(C(C)(C)C)cc3)nc3nc4ccccc4nc32)c1. The first-order chi connectivity index (χ1) is 15.9. The molecule has 6 heteroatoms. The maximum absolute atomic E-state index is 5.53. The van der Waals surface area contributed by atoms with Gasteiger partial charge in [-0.25, -0.2) is 15.0 Å². The van der Waals surface area contributed by atoms with E-state index in [0.29, 0.717) is 22.8 Å². The highest BCUT2D eigenvalue weighted by Crippen LogP contribution is 2.33. The lowest BCUT2D eigenvalue weighted by molar-refractivity contribution is 0.394. The first kappa shape index (κ1) is 20.9. The molecule has 0 N–H and O–H groups in total. The van der Waals surface area contributed by atoms with E-state index < -0.39 is 0 Å². The molecule has 2 heterocycles. The molecule has 0 radical (unpaired) electrons. The summed E-state index contributed by atoms with van der Waals surface area (Å²) in [7, 11) is 3.29. The van der Waals surface area contributed by atoms with E-state index >= 15 is 0 Å². The maximum Gasteiger partial charge on any atom is 0.199 e. The van der Waals surface area contributed by atoms with Gasteiger partial charge in [-0.3, -0.25) is 4.57 Å². The minimum absolute atomic E-state index is 0.0691. The summed E-state index contributed by atoms with van der Waals surface area (Å²) in [6, 6.07) is 22.1. The van der Waals surface area contributed by atoms with Crippen LogP contribution >= 0.6 is 0 Å². The van der Waals surface area contributed by atoms with Crippen molar-refractivity contribution in [1.82, 2.24) is 19.5 Å². The predicted octanol–water partition coefficient (Wildman–Crippen LogP) is 5.95. The van der Waals surface area contributed by atoms with Gasteiger partial charge in [-0.05, 0) is 23.1 Å². The number of hydrogen-bond donors (Lipinski definition) is 0. The molecule has 3 aromatic carbocycles. The van der Waals surface area contributed by atoms with Gasteiger partial charge >= 0.3 is 0 Å². The van der Waals surface area contributed by atoms with Gasteiger partial charge in [0, 0.05) is 23.8 Å². The molecule has 0 saturated carbocycles. The van der Waals surface area contributed by atoms with Crippen molar-refractivity contribution >= 4 is 22.3 Å². The summed E-state index contributed by atoms with van der Waals surface area (Å²) < 4.78 is 13.1. The van der Waals surface area contributed by atoms with Crippen LogP contribution in [0.4, 0.5) is 0 Å². The van der Waals surface area contributed by atoms with Crippen LogP contribution in [-0.4, -0.2) is 33.7 Å². The number of benzene rings is 3. The Labute approximate surface area is 192 Å². The lowest BCUT2D eigenvalue weighted by atomic mass is 9.87. The van der Waals surface area contributed by atoms with Crippen LogP contribution in [0.5, 0.6) is 11.5 Å². The minimum Gasteiger partial charge on any atom is -0.497 e. The van der Waals surface area contributed by atoms with Crippen LogP contribution in [0.1, 0.15) is 26.3 Å². The van der Waals surface area contributed by atoms with Crippen molar-refractivity contribution in [3.8, 4) is 28.6 Å². The topological polar surface area (TPSA) is 62.1 Å². The molecule has 2 aromatic heterocycles.